The molecular weight excluding hydrogens is 212 g/mol. The van der Waals surface area contributed by atoms with Crippen LogP contribution in [0.5, 0.6) is 0 Å². The average Bonchev–Trinajstić information content (AvgIpc) is 2.40. The second-order valence-corrected chi connectivity index (χ2v) is 4.97. The molecule has 1 saturated carbocycles. The predicted molar refractivity (Wildman–Crippen MR) is 71.7 cm³/mol. The van der Waals surface area contributed by atoms with Crippen LogP contribution in [0.15, 0.2) is 16.8 Å². The highest BCUT2D eigenvalue weighted by molar-refractivity contribution is 5.79. The minimum absolute atomic E-state index is 0.306. The van der Waals surface area contributed by atoms with Crippen LogP contribution in [0.3, 0.4) is 0 Å². The number of nitrogens with zero attached hydrogens (tertiary/aromatic N) is 1. The van der Waals surface area contributed by atoms with Gasteiger partial charge in [-0.1, -0.05) is 6.92 Å². The van der Waals surface area contributed by atoms with E-state index in [-0.39, 0.29) is 0 Å². The van der Waals surface area contributed by atoms with E-state index in [1.165, 1.54) is 31.3 Å². The number of nitrogens with one attached hydrogen (secondary N) is 3. The largest absolute Gasteiger partial charge is 0.369 e. The molecule has 0 aromatic heterocycles. The number of hydrazine groups is 1. The van der Waals surface area contributed by atoms with Crippen molar-refractivity contribution >= 4 is 6.21 Å². The normalized spacial score (nSPS) is 33.1. The van der Waals surface area contributed by atoms with Crippen molar-refractivity contribution in [2.45, 2.75) is 51.2 Å². The Kier molecular flexibility index (Phi) is 4.57. The lowest BCUT2D eigenvalue weighted by molar-refractivity contribution is 0.238. The van der Waals surface area contributed by atoms with Crippen LogP contribution >= 0.6 is 0 Å². The third-order valence-electron chi connectivity index (χ3n) is 3.82. The van der Waals surface area contributed by atoms with Crippen LogP contribution in [-0.2, 0) is 0 Å². The first-order chi connectivity index (χ1) is 8.33. The lowest BCUT2D eigenvalue weighted by Crippen LogP contribution is -2.43. The van der Waals surface area contributed by atoms with Gasteiger partial charge in [-0.3, -0.25) is 15.8 Å². The van der Waals surface area contributed by atoms with Crippen LogP contribution in [0.2, 0.25) is 0 Å². The molecule has 17 heavy (non-hydrogen) atoms. The van der Waals surface area contributed by atoms with Crippen molar-refractivity contribution in [2.75, 3.05) is 7.05 Å². The Morgan fingerprint density at radius 3 is 2.65 bits per heavy atom. The predicted octanol–water partition coefficient (Wildman–Crippen LogP) is 1.56. The van der Waals surface area contributed by atoms with Crippen LogP contribution in [0.4, 0.5) is 0 Å². The molecule has 1 unspecified atom stereocenters. The third-order valence-corrected chi connectivity index (χ3v) is 3.82. The van der Waals surface area contributed by atoms with Crippen molar-refractivity contribution in [3.63, 3.8) is 0 Å². The van der Waals surface area contributed by atoms with Crippen molar-refractivity contribution in [2.24, 2.45) is 10.9 Å². The van der Waals surface area contributed by atoms with E-state index in [0.29, 0.717) is 18.1 Å². The van der Waals surface area contributed by atoms with Gasteiger partial charge in [0, 0.05) is 18.5 Å². The minimum Gasteiger partial charge on any atom is -0.369 e. The molecule has 0 radical (unpaired) electrons. The smallest absolute Gasteiger partial charge is 0.121 e. The van der Waals surface area contributed by atoms with Gasteiger partial charge in [0.05, 0.1) is 0 Å². The molecule has 3 N–H and O–H groups in total. The number of rotatable bonds is 4. The molecule has 1 fully saturated rings. The van der Waals surface area contributed by atoms with Crippen LogP contribution < -0.4 is 16.2 Å². The van der Waals surface area contributed by atoms with Crippen molar-refractivity contribution in [1.29, 1.82) is 0 Å². The fourth-order valence-corrected chi connectivity index (χ4v) is 2.68. The van der Waals surface area contributed by atoms with E-state index in [9.17, 15) is 0 Å². The number of hydrogen-bond donors (Lipinski definition) is 3. The Bertz CT molecular complexity index is 290. The van der Waals surface area contributed by atoms with Gasteiger partial charge in [-0.05, 0) is 50.6 Å². The molecule has 0 aromatic rings. The standard InChI is InChI=1S/C13H24N4/c1-3-10-8-15-13(16-9-10)11-4-6-12(7-5-11)17-14-2/h8-9,11-15,17H,3-7H2,1-2H3. The molecule has 2 rings (SSSR count). The zero-order chi connectivity index (χ0) is 12.1. The first kappa shape index (κ1) is 12.6. The zero-order valence-corrected chi connectivity index (χ0v) is 10.9. The average molecular weight is 236 g/mol. The van der Waals surface area contributed by atoms with E-state index in [1.807, 2.05) is 13.3 Å². The van der Waals surface area contributed by atoms with Gasteiger partial charge in [0.2, 0.25) is 0 Å². The van der Waals surface area contributed by atoms with Gasteiger partial charge in [-0.2, -0.15) is 0 Å². The highest BCUT2D eigenvalue weighted by atomic mass is 15.3. The minimum atomic E-state index is 0.306. The van der Waals surface area contributed by atoms with Gasteiger partial charge in [-0.15, -0.1) is 0 Å². The number of hydrogen-bond acceptors (Lipinski definition) is 4. The summed E-state index contributed by atoms with van der Waals surface area (Å²) in [5.41, 5.74) is 7.64. The molecule has 1 aliphatic carbocycles. The maximum Gasteiger partial charge on any atom is 0.121 e. The molecule has 96 valence electrons. The fourth-order valence-electron chi connectivity index (χ4n) is 2.68. The van der Waals surface area contributed by atoms with E-state index < -0.39 is 0 Å². The molecular formula is C13H24N4. The van der Waals surface area contributed by atoms with Crippen LogP contribution in [0, 0.1) is 5.92 Å². The van der Waals surface area contributed by atoms with Crippen LogP contribution in [-0.4, -0.2) is 25.5 Å². The van der Waals surface area contributed by atoms with E-state index in [1.54, 1.807) is 0 Å². The highest BCUT2D eigenvalue weighted by Gasteiger charge is 2.27. The lowest BCUT2D eigenvalue weighted by Gasteiger charge is -2.33. The molecule has 1 aliphatic heterocycles. The SMILES string of the molecule is CCC1=CNC(C2CCC(NNC)CC2)N=C1. The third kappa shape index (κ3) is 3.30. The van der Waals surface area contributed by atoms with Crippen molar-refractivity contribution < 1.29 is 0 Å². The maximum absolute atomic E-state index is 4.64. The van der Waals surface area contributed by atoms with Gasteiger partial charge in [0.25, 0.3) is 0 Å². The molecule has 4 nitrogen and oxygen atoms in total. The fraction of sp³-hybridized carbons (Fsp3) is 0.769. The maximum atomic E-state index is 4.64. The van der Waals surface area contributed by atoms with Gasteiger partial charge in [0.15, 0.2) is 0 Å². The molecule has 1 heterocycles. The summed E-state index contributed by atoms with van der Waals surface area (Å²) in [7, 11) is 1.94. The molecule has 0 saturated heterocycles. The van der Waals surface area contributed by atoms with Crippen LogP contribution in [0.25, 0.3) is 0 Å². The Balaban J connectivity index is 1.79. The van der Waals surface area contributed by atoms with Crippen molar-refractivity contribution in [1.82, 2.24) is 16.2 Å². The van der Waals surface area contributed by atoms with Gasteiger partial charge in [-0.25, -0.2) is 0 Å². The van der Waals surface area contributed by atoms with Crippen LogP contribution in [0.1, 0.15) is 39.0 Å². The van der Waals surface area contributed by atoms with Crippen molar-refractivity contribution in [3.05, 3.63) is 11.8 Å². The summed E-state index contributed by atoms with van der Waals surface area (Å²) in [4.78, 5) is 4.64. The summed E-state index contributed by atoms with van der Waals surface area (Å²) >= 11 is 0. The second kappa shape index (κ2) is 6.17. The van der Waals surface area contributed by atoms with Gasteiger partial charge in [0.1, 0.15) is 6.17 Å². The summed E-state index contributed by atoms with van der Waals surface area (Å²) in [6, 6.07) is 0.630. The van der Waals surface area contributed by atoms with Gasteiger partial charge >= 0.3 is 0 Å². The number of aliphatic imine (C=N–C) groups is 1. The van der Waals surface area contributed by atoms with E-state index in [4.69, 9.17) is 0 Å². The molecule has 0 spiro atoms. The van der Waals surface area contributed by atoms with E-state index in [0.717, 1.165) is 6.42 Å². The molecule has 2 aliphatic rings. The monoisotopic (exact) mass is 236 g/mol. The van der Waals surface area contributed by atoms with E-state index >= 15 is 0 Å². The number of allylic oxidation sites excluding steroid dienone is 1. The summed E-state index contributed by atoms with van der Waals surface area (Å²) in [6.45, 7) is 2.16. The Morgan fingerprint density at radius 1 is 1.35 bits per heavy atom. The molecule has 1 atom stereocenters. The molecule has 0 aromatic carbocycles. The Hall–Kier alpha value is -0.870. The van der Waals surface area contributed by atoms with E-state index in [2.05, 4.69) is 34.3 Å². The summed E-state index contributed by atoms with van der Waals surface area (Å²) in [6.07, 6.45) is 10.5. The zero-order valence-electron chi connectivity index (χ0n) is 10.9. The molecule has 0 amide bonds. The topological polar surface area (TPSA) is 48.4 Å². The summed E-state index contributed by atoms with van der Waals surface area (Å²) in [5.74, 6) is 0.691. The van der Waals surface area contributed by atoms with Crippen molar-refractivity contribution in [3.8, 4) is 0 Å². The highest BCUT2D eigenvalue weighted by Crippen LogP contribution is 2.28. The quantitative estimate of drug-likeness (QED) is 0.649. The summed E-state index contributed by atoms with van der Waals surface area (Å²) in [5, 5.41) is 3.44. The first-order valence-electron chi connectivity index (χ1n) is 6.74. The van der Waals surface area contributed by atoms with Gasteiger partial charge < -0.3 is 5.32 Å². The molecule has 0 bridgehead atoms. The Labute approximate surface area is 104 Å². The lowest BCUT2D eigenvalue weighted by atomic mass is 9.84. The first-order valence-corrected chi connectivity index (χ1v) is 6.74. The second-order valence-electron chi connectivity index (χ2n) is 4.97. The summed E-state index contributed by atoms with van der Waals surface area (Å²) < 4.78 is 0. The molecule has 4 heteroatoms. The Morgan fingerprint density at radius 2 is 2.12 bits per heavy atom.